The molecule has 5 nitrogen and oxygen atoms in total. The van der Waals surface area contributed by atoms with Gasteiger partial charge in [0.1, 0.15) is 0 Å². The molecule has 1 heterocycles. The van der Waals surface area contributed by atoms with Crippen LogP contribution in [0, 0.1) is 0 Å². The fraction of sp³-hybridized carbons (Fsp3) is 0.368. The Morgan fingerprint density at radius 1 is 1.10 bits per heavy atom. The van der Waals surface area contributed by atoms with Crippen LogP contribution in [-0.2, 0) is 20.9 Å². The zero-order chi connectivity index (χ0) is 21.1. The van der Waals surface area contributed by atoms with Crippen LogP contribution in [0.1, 0.15) is 17.2 Å². The molecule has 0 radical (unpaired) electrons. The molecular weight excluding hydrogens is 429 g/mol. The Morgan fingerprint density at radius 2 is 1.76 bits per heavy atom. The average molecular weight is 449 g/mol. The van der Waals surface area contributed by atoms with Gasteiger partial charge in [-0.2, -0.15) is 13.2 Å². The Labute approximate surface area is 172 Å². The van der Waals surface area contributed by atoms with Crippen molar-refractivity contribution in [3.05, 3.63) is 64.7 Å². The lowest BCUT2D eigenvalue weighted by Crippen LogP contribution is -2.43. The van der Waals surface area contributed by atoms with Crippen LogP contribution in [0.3, 0.4) is 0 Å². The maximum atomic E-state index is 13.1. The SMILES string of the molecule is O=S(=O)(N[C@@H](CN1CCOCC1)c1ccccc1)c1ccc(Cl)c(C(F)(F)F)c1. The maximum Gasteiger partial charge on any atom is 0.417 e. The van der Waals surface area contributed by atoms with Crippen LogP contribution in [0.4, 0.5) is 13.2 Å². The number of sulfonamides is 1. The molecule has 1 saturated heterocycles. The fourth-order valence-corrected chi connectivity index (χ4v) is 4.55. The predicted octanol–water partition coefficient (Wildman–Crippen LogP) is 3.71. The molecular formula is C19H20ClF3N2O3S. The molecule has 1 aliphatic rings. The molecule has 2 aromatic carbocycles. The molecule has 2 aromatic rings. The number of hydrogen-bond donors (Lipinski definition) is 1. The van der Waals surface area contributed by atoms with Gasteiger partial charge in [0.15, 0.2) is 0 Å². The molecule has 1 fully saturated rings. The number of nitrogens with one attached hydrogen (secondary N) is 1. The monoisotopic (exact) mass is 448 g/mol. The van der Waals surface area contributed by atoms with Gasteiger partial charge in [-0.25, -0.2) is 13.1 Å². The Bertz CT molecular complexity index is 933. The first-order valence-corrected chi connectivity index (χ1v) is 10.8. The van der Waals surface area contributed by atoms with Crippen LogP contribution in [-0.4, -0.2) is 46.2 Å². The predicted molar refractivity (Wildman–Crippen MR) is 103 cm³/mol. The van der Waals surface area contributed by atoms with E-state index in [1.165, 1.54) is 0 Å². The Hall–Kier alpha value is -1.65. The number of halogens is 4. The van der Waals surface area contributed by atoms with E-state index < -0.39 is 37.7 Å². The minimum atomic E-state index is -4.75. The van der Waals surface area contributed by atoms with Crippen molar-refractivity contribution < 1.29 is 26.3 Å². The summed E-state index contributed by atoms with van der Waals surface area (Å²) in [5.41, 5.74) is -0.473. The third-order valence-corrected chi connectivity index (χ3v) is 6.40. The molecule has 0 aromatic heterocycles. The highest BCUT2D eigenvalue weighted by atomic mass is 35.5. The molecule has 0 spiro atoms. The quantitative estimate of drug-likeness (QED) is 0.732. The summed E-state index contributed by atoms with van der Waals surface area (Å²) in [7, 11) is -4.22. The molecule has 0 amide bonds. The van der Waals surface area contributed by atoms with E-state index in [9.17, 15) is 21.6 Å². The van der Waals surface area contributed by atoms with Gasteiger partial charge in [-0.1, -0.05) is 41.9 Å². The fourth-order valence-electron chi connectivity index (χ4n) is 3.08. The summed E-state index contributed by atoms with van der Waals surface area (Å²) in [5.74, 6) is 0. The molecule has 158 valence electrons. The van der Waals surface area contributed by atoms with E-state index in [4.69, 9.17) is 16.3 Å². The summed E-state index contributed by atoms with van der Waals surface area (Å²) in [5, 5.41) is -0.552. The highest BCUT2D eigenvalue weighted by Crippen LogP contribution is 2.36. The third kappa shape index (κ3) is 5.70. The number of morpholine rings is 1. The van der Waals surface area contributed by atoms with E-state index in [-0.39, 0.29) is 0 Å². The first-order chi connectivity index (χ1) is 13.7. The van der Waals surface area contributed by atoms with Gasteiger partial charge in [-0.05, 0) is 23.8 Å². The van der Waals surface area contributed by atoms with E-state index in [1.54, 1.807) is 30.3 Å². The second kappa shape index (κ2) is 9.01. The average Bonchev–Trinajstić information content (AvgIpc) is 2.68. The van der Waals surface area contributed by atoms with E-state index in [1.807, 2.05) is 4.90 Å². The van der Waals surface area contributed by atoms with Crippen LogP contribution in [0.15, 0.2) is 53.4 Å². The molecule has 1 atom stereocenters. The van der Waals surface area contributed by atoms with Gasteiger partial charge in [-0.3, -0.25) is 4.90 Å². The van der Waals surface area contributed by atoms with Gasteiger partial charge in [0.05, 0.1) is 34.7 Å². The van der Waals surface area contributed by atoms with Crippen molar-refractivity contribution >= 4 is 21.6 Å². The molecule has 0 aliphatic carbocycles. The van der Waals surface area contributed by atoms with Crippen molar-refractivity contribution in [3.63, 3.8) is 0 Å². The number of rotatable bonds is 6. The number of benzene rings is 2. The molecule has 0 saturated carbocycles. The van der Waals surface area contributed by atoms with Crippen molar-refractivity contribution in [2.24, 2.45) is 0 Å². The summed E-state index contributed by atoms with van der Waals surface area (Å²) in [4.78, 5) is 1.56. The lowest BCUT2D eigenvalue weighted by Gasteiger charge is -2.31. The normalized spacial score (nSPS) is 17.2. The second-order valence-corrected chi connectivity index (χ2v) is 8.76. The van der Waals surface area contributed by atoms with Crippen molar-refractivity contribution in [3.8, 4) is 0 Å². The highest BCUT2D eigenvalue weighted by Gasteiger charge is 2.35. The number of hydrogen-bond acceptors (Lipinski definition) is 4. The first-order valence-electron chi connectivity index (χ1n) is 8.91. The summed E-state index contributed by atoms with van der Waals surface area (Å²) in [6.45, 7) is 2.74. The van der Waals surface area contributed by atoms with Crippen molar-refractivity contribution in [1.82, 2.24) is 9.62 Å². The molecule has 3 rings (SSSR count). The largest absolute Gasteiger partial charge is 0.417 e. The van der Waals surface area contributed by atoms with Gasteiger partial charge in [0.2, 0.25) is 10.0 Å². The molecule has 0 unspecified atom stereocenters. The van der Waals surface area contributed by atoms with E-state index in [0.717, 1.165) is 12.1 Å². The lowest BCUT2D eigenvalue weighted by molar-refractivity contribution is -0.137. The molecule has 29 heavy (non-hydrogen) atoms. The van der Waals surface area contributed by atoms with Crippen molar-refractivity contribution in [2.75, 3.05) is 32.8 Å². The van der Waals surface area contributed by atoms with Crippen molar-refractivity contribution in [2.45, 2.75) is 17.1 Å². The highest BCUT2D eigenvalue weighted by molar-refractivity contribution is 7.89. The standard InChI is InChI=1S/C19H20ClF3N2O3S/c20-17-7-6-15(12-16(17)19(21,22)23)29(26,27)24-18(14-4-2-1-3-5-14)13-25-8-10-28-11-9-25/h1-7,12,18,24H,8-11,13H2/t18-/m0/s1. The van der Waals surface area contributed by atoms with Gasteiger partial charge < -0.3 is 4.74 Å². The second-order valence-electron chi connectivity index (χ2n) is 6.64. The molecule has 0 bridgehead atoms. The van der Waals surface area contributed by atoms with Gasteiger partial charge in [0, 0.05) is 19.6 Å². The van der Waals surface area contributed by atoms with Crippen LogP contribution >= 0.6 is 11.6 Å². The van der Waals surface area contributed by atoms with Crippen LogP contribution in [0.5, 0.6) is 0 Å². The minimum Gasteiger partial charge on any atom is -0.379 e. The number of alkyl halides is 3. The van der Waals surface area contributed by atoms with Crippen LogP contribution < -0.4 is 4.72 Å². The number of ether oxygens (including phenoxy) is 1. The van der Waals surface area contributed by atoms with E-state index in [2.05, 4.69) is 4.72 Å². The summed E-state index contributed by atoms with van der Waals surface area (Å²) < 4.78 is 73.0. The van der Waals surface area contributed by atoms with Crippen molar-refractivity contribution in [1.29, 1.82) is 0 Å². The maximum absolute atomic E-state index is 13.1. The zero-order valence-electron chi connectivity index (χ0n) is 15.3. The summed E-state index contributed by atoms with van der Waals surface area (Å²) >= 11 is 5.61. The Balaban J connectivity index is 1.89. The van der Waals surface area contributed by atoms with Gasteiger partial charge in [-0.15, -0.1) is 0 Å². The van der Waals surface area contributed by atoms with Gasteiger partial charge in [0.25, 0.3) is 0 Å². The van der Waals surface area contributed by atoms with Crippen LogP contribution in [0.25, 0.3) is 0 Å². The summed E-state index contributed by atoms with van der Waals surface area (Å²) in [6.07, 6.45) is -4.75. The zero-order valence-corrected chi connectivity index (χ0v) is 16.9. The summed E-state index contributed by atoms with van der Waals surface area (Å²) in [6, 6.07) is 10.8. The van der Waals surface area contributed by atoms with E-state index >= 15 is 0 Å². The minimum absolute atomic E-state index is 0.367. The topological polar surface area (TPSA) is 58.6 Å². The Morgan fingerprint density at radius 3 is 2.38 bits per heavy atom. The Kier molecular flexibility index (Phi) is 6.85. The lowest BCUT2D eigenvalue weighted by atomic mass is 10.1. The first kappa shape index (κ1) is 22.0. The van der Waals surface area contributed by atoms with Crippen LogP contribution in [0.2, 0.25) is 5.02 Å². The molecule has 1 N–H and O–H groups in total. The van der Waals surface area contributed by atoms with E-state index in [0.29, 0.717) is 44.5 Å². The van der Waals surface area contributed by atoms with Gasteiger partial charge >= 0.3 is 6.18 Å². The smallest absolute Gasteiger partial charge is 0.379 e. The number of nitrogens with zero attached hydrogens (tertiary/aromatic N) is 1. The molecule has 1 aliphatic heterocycles. The third-order valence-electron chi connectivity index (χ3n) is 4.60. The molecule has 10 heteroatoms.